The quantitative estimate of drug-likeness (QED) is 0.0429. The molecule has 0 saturated heterocycles. The monoisotopic (exact) mass is 938 g/mol. The maximum absolute atomic E-state index is 13.1. The lowest BCUT2D eigenvalue weighted by molar-refractivity contribution is -0.142. The van der Waals surface area contributed by atoms with Crippen LogP contribution in [-0.2, 0) is 72.2 Å². The average molecular weight is 938 g/mol. The van der Waals surface area contributed by atoms with Gasteiger partial charge in [0.25, 0.3) is 11.8 Å². The second-order valence-electron chi connectivity index (χ2n) is 18.0. The second kappa shape index (κ2) is 27.3. The molecule has 6 N–H and O–H groups in total. The second-order valence-corrected chi connectivity index (χ2v) is 18.0. The highest BCUT2D eigenvalue weighted by molar-refractivity contribution is 6.12. The number of nitrogens with zero attached hydrogens (tertiary/aromatic N) is 4. The van der Waals surface area contributed by atoms with Crippen molar-refractivity contribution in [2.75, 3.05) is 51.4 Å². The molecule has 0 radical (unpaired) electrons. The third-order valence-corrected chi connectivity index (χ3v) is 12.0. The van der Waals surface area contributed by atoms with Crippen molar-refractivity contribution in [3.8, 4) is 0 Å². The highest BCUT2D eigenvalue weighted by atomic mass is 16.5. The van der Waals surface area contributed by atoms with E-state index in [4.69, 9.17) is 24.7 Å². The summed E-state index contributed by atoms with van der Waals surface area (Å²) in [7, 11) is 0. The third-order valence-electron chi connectivity index (χ3n) is 12.0. The van der Waals surface area contributed by atoms with Crippen molar-refractivity contribution in [2.24, 2.45) is 17.6 Å². The fourth-order valence-electron chi connectivity index (χ4n) is 7.57. The molecular formula is C47H71N9O11. The van der Waals surface area contributed by atoms with E-state index in [-0.39, 0.29) is 49.3 Å². The summed E-state index contributed by atoms with van der Waals surface area (Å²) in [6, 6.07) is 5.96. The largest absolute Gasteiger partial charge is 0.461 e. The number of nitrogens with one attached hydrogen (secondary N) is 4. The maximum atomic E-state index is 13.1. The standard InChI is InChI=1S/C47H71N9O11/c1-6-47(5,67-26-24-55-29-38(53-54-55)27-50-44(62)36-14-10-34(11-15-36)28-56-42(60)18-19-43(56)61)21-25-66-46(3,4)20-23-49-40(58)31-64-32-41(59)52-39(9-7-8-22-48)45(63)51-37-16-12-35(13-17-37)30-65-33(2)57/h12-13,16-19,29,34,36,39H,6-11,14-15,20-28,30-32,48H2,1-5H3,(H,49,58)(H,50,62)(H,51,63)(H,52,59). The van der Waals surface area contributed by atoms with Crippen molar-refractivity contribution >= 4 is 47.1 Å². The van der Waals surface area contributed by atoms with Crippen molar-refractivity contribution in [1.29, 1.82) is 0 Å². The number of amides is 6. The predicted octanol–water partition coefficient (Wildman–Crippen LogP) is 2.83. The average Bonchev–Trinajstić information content (AvgIpc) is 3.88. The zero-order chi connectivity index (χ0) is 48.8. The Hall–Kier alpha value is -5.57. The van der Waals surface area contributed by atoms with Crippen LogP contribution < -0.4 is 27.0 Å². The Kier molecular flexibility index (Phi) is 22.0. The summed E-state index contributed by atoms with van der Waals surface area (Å²) in [5.41, 5.74) is 6.55. The van der Waals surface area contributed by atoms with Crippen LogP contribution in [0.15, 0.2) is 42.6 Å². The van der Waals surface area contributed by atoms with E-state index in [0.717, 1.165) is 24.8 Å². The molecule has 370 valence electrons. The van der Waals surface area contributed by atoms with Crippen LogP contribution in [0.25, 0.3) is 0 Å². The van der Waals surface area contributed by atoms with E-state index in [1.807, 2.05) is 20.8 Å². The SMILES string of the molecule is CCC(C)(CCOC(C)(C)CCNC(=O)COCC(=O)NC(CCCCN)C(=O)Nc1ccc(COC(C)=O)cc1)OCCn1cc(CNC(=O)C2CCC(CN3C(=O)C=CC3=O)CC2)nn1. The number of carbonyl (C=O) groups is 7. The predicted molar refractivity (Wildman–Crippen MR) is 246 cm³/mol. The molecule has 1 aliphatic heterocycles. The fraction of sp³-hybridized carbons (Fsp3) is 0.638. The molecule has 1 fully saturated rings. The Morgan fingerprint density at radius 1 is 0.896 bits per heavy atom. The van der Waals surface area contributed by atoms with Crippen LogP contribution >= 0.6 is 0 Å². The first kappa shape index (κ1) is 54.0. The summed E-state index contributed by atoms with van der Waals surface area (Å²) >= 11 is 0. The summed E-state index contributed by atoms with van der Waals surface area (Å²) in [6.07, 6.45) is 10.9. The van der Waals surface area contributed by atoms with Gasteiger partial charge in [-0.05, 0) is 115 Å². The molecule has 1 saturated carbocycles. The normalized spacial score (nSPS) is 17.4. The number of hydrogen-bond donors (Lipinski definition) is 5. The number of hydrogen-bond acceptors (Lipinski definition) is 14. The van der Waals surface area contributed by atoms with Crippen LogP contribution in [0.1, 0.15) is 110 Å². The van der Waals surface area contributed by atoms with E-state index in [2.05, 4.69) is 38.5 Å². The lowest BCUT2D eigenvalue weighted by Gasteiger charge is -2.31. The van der Waals surface area contributed by atoms with Crippen LogP contribution in [0.5, 0.6) is 0 Å². The lowest BCUT2D eigenvalue weighted by Crippen LogP contribution is -2.45. The van der Waals surface area contributed by atoms with Crippen LogP contribution in [0.4, 0.5) is 5.69 Å². The minimum atomic E-state index is -0.845. The van der Waals surface area contributed by atoms with Gasteiger partial charge in [0.1, 0.15) is 31.6 Å². The lowest BCUT2D eigenvalue weighted by atomic mass is 9.81. The Morgan fingerprint density at radius 2 is 1.60 bits per heavy atom. The molecule has 20 heteroatoms. The molecule has 0 bridgehead atoms. The summed E-state index contributed by atoms with van der Waals surface area (Å²) in [5, 5.41) is 19.7. The van der Waals surface area contributed by atoms with Gasteiger partial charge in [-0.15, -0.1) is 5.10 Å². The Bertz CT molecular complexity index is 1960. The molecule has 2 aromatic rings. The van der Waals surface area contributed by atoms with E-state index in [0.29, 0.717) is 95.7 Å². The van der Waals surface area contributed by atoms with Crippen LogP contribution in [0, 0.1) is 11.8 Å². The number of nitrogens with two attached hydrogens (primary N) is 1. The highest BCUT2D eigenvalue weighted by Gasteiger charge is 2.32. The van der Waals surface area contributed by atoms with Gasteiger partial charge in [0, 0.05) is 43.8 Å². The fourth-order valence-corrected chi connectivity index (χ4v) is 7.57. The van der Waals surface area contributed by atoms with Gasteiger partial charge in [-0.2, -0.15) is 0 Å². The molecule has 1 aromatic carbocycles. The molecule has 2 aliphatic rings. The third kappa shape index (κ3) is 19.7. The van der Waals surface area contributed by atoms with E-state index < -0.39 is 47.5 Å². The summed E-state index contributed by atoms with van der Waals surface area (Å²) in [5.74, 6) is -2.23. The van der Waals surface area contributed by atoms with Crippen LogP contribution in [0.2, 0.25) is 0 Å². The van der Waals surface area contributed by atoms with Gasteiger partial charge in [-0.1, -0.05) is 24.3 Å². The first-order valence-electron chi connectivity index (χ1n) is 23.3. The minimum Gasteiger partial charge on any atom is -0.461 e. The molecule has 2 heterocycles. The van der Waals surface area contributed by atoms with Crippen LogP contribution in [-0.4, -0.2) is 125 Å². The molecule has 6 amide bonds. The van der Waals surface area contributed by atoms with Gasteiger partial charge in [-0.25, -0.2) is 4.68 Å². The Morgan fingerprint density at radius 3 is 2.27 bits per heavy atom. The smallest absolute Gasteiger partial charge is 0.302 e. The van der Waals surface area contributed by atoms with Gasteiger partial charge < -0.3 is 45.9 Å². The molecule has 1 aliphatic carbocycles. The number of anilines is 1. The number of rotatable bonds is 30. The molecular weight excluding hydrogens is 867 g/mol. The van der Waals surface area contributed by atoms with Crippen molar-refractivity contribution < 1.29 is 52.5 Å². The van der Waals surface area contributed by atoms with Gasteiger partial charge in [0.15, 0.2) is 0 Å². The van der Waals surface area contributed by atoms with Crippen molar-refractivity contribution in [3.05, 3.63) is 53.9 Å². The van der Waals surface area contributed by atoms with Gasteiger partial charge in [0.2, 0.25) is 23.6 Å². The minimum absolute atomic E-state index is 0.0325. The van der Waals surface area contributed by atoms with E-state index in [1.165, 1.54) is 24.0 Å². The molecule has 20 nitrogen and oxygen atoms in total. The van der Waals surface area contributed by atoms with Crippen molar-refractivity contribution in [3.63, 3.8) is 0 Å². The van der Waals surface area contributed by atoms with E-state index in [1.54, 1.807) is 35.1 Å². The molecule has 2 unspecified atom stereocenters. The first-order chi connectivity index (χ1) is 32.0. The Balaban J connectivity index is 1.06. The zero-order valence-corrected chi connectivity index (χ0v) is 39.8. The first-order valence-corrected chi connectivity index (χ1v) is 23.3. The Labute approximate surface area is 393 Å². The van der Waals surface area contributed by atoms with Crippen molar-refractivity contribution in [1.82, 2.24) is 35.8 Å². The number of aromatic nitrogens is 3. The number of benzene rings is 1. The molecule has 0 spiro atoms. The van der Waals surface area contributed by atoms with Crippen molar-refractivity contribution in [2.45, 2.75) is 136 Å². The molecule has 2 atom stereocenters. The topological polar surface area (TPSA) is 264 Å². The summed E-state index contributed by atoms with van der Waals surface area (Å²) in [4.78, 5) is 87.3. The summed E-state index contributed by atoms with van der Waals surface area (Å²) in [6.45, 7) is 11.4. The van der Waals surface area contributed by atoms with Crippen LogP contribution in [0.3, 0.4) is 0 Å². The molecule has 4 rings (SSSR count). The van der Waals surface area contributed by atoms with E-state index >= 15 is 0 Å². The van der Waals surface area contributed by atoms with E-state index in [9.17, 15) is 33.6 Å². The molecule has 67 heavy (non-hydrogen) atoms. The highest BCUT2D eigenvalue weighted by Crippen LogP contribution is 2.30. The zero-order valence-electron chi connectivity index (χ0n) is 39.8. The van der Waals surface area contributed by atoms with Gasteiger partial charge in [-0.3, -0.25) is 38.5 Å². The number of unbranched alkanes of at least 4 members (excludes halogenated alkanes) is 1. The molecule has 1 aromatic heterocycles. The number of esters is 1. The number of carbonyl (C=O) groups excluding carboxylic acids is 7. The maximum Gasteiger partial charge on any atom is 0.302 e. The number of imide groups is 1. The van der Waals surface area contributed by atoms with Gasteiger partial charge in [0.05, 0.1) is 43.7 Å². The van der Waals surface area contributed by atoms with Gasteiger partial charge >= 0.3 is 5.97 Å². The number of ether oxygens (including phenoxy) is 4. The summed E-state index contributed by atoms with van der Waals surface area (Å²) < 4.78 is 24.5.